The fraction of sp³-hybridized carbons (Fsp3) is 0.440. The van der Waals surface area contributed by atoms with Crippen LogP contribution < -0.4 is 11.0 Å². The molecule has 0 saturated carbocycles. The van der Waals surface area contributed by atoms with E-state index in [0.29, 0.717) is 19.6 Å². The van der Waals surface area contributed by atoms with E-state index in [-0.39, 0.29) is 18.0 Å². The van der Waals surface area contributed by atoms with E-state index in [1.807, 2.05) is 37.3 Å². The van der Waals surface area contributed by atoms with E-state index in [2.05, 4.69) is 40.4 Å². The summed E-state index contributed by atoms with van der Waals surface area (Å²) >= 11 is 0. The molecule has 0 atom stereocenters. The van der Waals surface area contributed by atoms with Crippen molar-refractivity contribution in [3.63, 3.8) is 0 Å². The number of aromatic nitrogens is 2. The lowest BCUT2D eigenvalue weighted by Crippen LogP contribution is -2.43. The fourth-order valence-electron chi connectivity index (χ4n) is 4.40. The Morgan fingerprint density at radius 2 is 1.62 bits per heavy atom. The lowest BCUT2D eigenvalue weighted by molar-refractivity contribution is -0.121. The number of benzene rings is 2. The van der Waals surface area contributed by atoms with Crippen molar-refractivity contribution in [2.45, 2.75) is 39.5 Å². The van der Waals surface area contributed by atoms with Gasteiger partial charge in [-0.2, -0.15) is 0 Å². The molecule has 4 rings (SSSR count). The number of carbonyl (C=O) groups excluding carboxylic acids is 1. The molecule has 7 heteroatoms. The molecule has 32 heavy (non-hydrogen) atoms. The zero-order chi connectivity index (χ0) is 22.5. The number of nitrogens with zero attached hydrogens (tertiary/aromatic N) is 4. The van der Waals surface area contributed by atoms with E-state index in [9.17, 15) is 9.59 Å². The summed E-state index contributed by atoms with van der Waals surface area (Å²) in [4.78, 5) is 30.0. The van der Waals surface area contributed by atoms with E-state index in [4.69, 9.17) is 0 Å². The Morgan fingerprint density at radius 1 is 0.938 bits per heavy atom. The smallest absolute Gasteiger partial charge is 0.329 e. The summed E-state index contributed by atoms with van der Waals surface area (Å²) < 4.78 is 3.45. The molecule has 1 saturated heterocycles. The van der Waals surface area contributed by atoms with Crippen LogP contribution in [0.25, 0.3) is 11.0 Å². The molecule has 1 aliphatic heterocycles. The quantitative estimate of drug-likeness (QED) is 0.590. The molecule has 1 amide bonds. The summed E-state index contributed by atoms with van der Waals surface area (Å²) in [5, 5.41) is 3.01. The minimum absolute atomic E-state index is 0.0466. The van der Waals surface area contributed by atoms with Crippen LogP contribution in [0.2, 0.25) is 0 Å². The maximum atomic E-state index is 12.7. The number of aryl methyl sites for hydroxylation is 2. The molecule has 0 radical (unpaired) electrons. The van der Waals surface area contributed by atoms with Gasteiger partial charge in [0.25, 0.3) is 0 Å². The first-order valence-corrected chi connectivity index (χ1v) is 11.5. The van der Waals surface area contributed by atoms with E-state index in [1.54, 1.807) is 9.13 Å². The Morgan fingerprint density at radius 3 is 2.34 bits per heavy atom. The summed E-state index contributed by atoms with van der Waals surface area (Å²) in [7, 11) is 2.17. The van der Waals surface area contributed by atoms with Crippen LogP contribution in [0.15, 0.2) is 53.3 Å². The van der Waals surface area contributed by atoms with Crippen LogP contribution in [-0.4, -0.2) is 58.1 Å². The molecule has 7 nitrogen and oxygen atoms in total. The normalized spacial score (nSPS) is 15.3. The molecule has 0 spiro atoms. The molecule has 0 aliphatic carbocycles. The predicted molar refractivity (Wildman–Crippen MR) is 128 cm³/mol. The van der Waals surface area contributed by atoms with Gasteiger partial charge in [-0.1, -0.05) is 36.4 Å². The first-order valence-electron chi connectivity index (χ1n) is 11.5. The second-order valence-corrected chi connectivity index (χ2v) is 8.59. The van der Waals surface area contributed by atoms with E-state index < -0.39 is 0 Å². The summed E-state index contributed by atoms with van der Waals surface area (Å²) in [5.41, 5.74) is 4.12. The van der Waals surface area contributed by atoms with Crippen LogP contribution in [0, 0.1) is 0 Å². The highest BCUT2D eigenvalue weighted by Gasteiger charge is 2.15. The van der Waals surface area contributed by atoms with Crippen LogP contribution in [0.3, 0.4) is 0 Å². The van der Waals surface area contributed by atoms with Crippen LogP contribution in [0.4, 0.5) is 0 Å². The van der Waals surface area contributed by atoms with Crippen molar-refractivity contribution < 1.29 is 4.79 Å². The van der Waals surface area contributed by atoms with E-state index in [1.165, 1.54) is 5.56 Å². The monoisotopic (exact) mass is 435 g/mol. The molecule has 2 heterocycles. The van der Waals surface area contributed by atoms with Crippen LogP contribution in [0.1, 0.15) is 24.5 Å². The van der Waals surface area contributed by atoms with Gasteiger partial charge in [-0.3, -0.25) is 18.8 Å². The van der Waals surface area contributed by atoms with E-state index >= 15 is 0 Å². The van der Waals surface area contributed by atoms with Crippen molar-refractivity contribution >= 4 is 16.9 Å². The Balaban J connectivity index is 1.32. The highest BCUT2D eigenvalue weighted by Crippen LogP contribution is 2.13. The largest absolute Gasteiger partial charge is 0.352 e. The average molecular weight is 436 g/mol. The Bertz CT molecular complexity index is 1120. The van der Waals surface area contributed by atoms with Gasteiger partial charge < -0.3 is 10.2 Å². The van der Waals surface area contributed by atoms with E-state index in [0.717, 1.165) is 49.3 Å². The summed E-state index contributed by atoms with van der Waals surface area (Å²) in [5.74, 6) is -0.0466. The van der Waals surface area contributed by atoms with Gasteiger partial charge in [-0.25, -0.2) is 4.79 Å². The minimum atomic E-state index is -0.0573. The number of fused-ring (bicyclic) bond motifs is 1. The molecule has 1 N–H and O–H groups in total. The molecule has 0 unspecified atom stereocenters. The standard InChI is InChI=1S/C25H33N5O2/c1-3-29-22-9-4-5-10-23(22)30(25(29)32)12-11-24(31)26-18-20-7-6-8-21(17-20)19-28-15-13-27(2)14-16-28/h4-10,17H,3,11-16,18-19H2,1-2H3,(H,26,31). The first-order chi connectivity index (χ1) is 15.5. The number of hydrogen-bond donors (Lipinski definition) is 1. The van der Waals surface area contributed by atoms with Gasteiger partial charge in [-0.15, -0.1) is 0 Å². The molecule has 3 aromatic rings. The Labute approximate surface area is 189 Å². The number of piperazine rings is 1. The average Bonchev–Trinajstić information content (AvgIpc) is 3.08. The minimum Gasteiger partial charge on any atom is -0.352 e. The van der Waals surface area contributed by atoms with Gasteiger partial charge in [-0.05, 0) is 37.2 Å². The van der Waals surface area contributed by atoms with Gasteiger partial charge in [0.05, 0.1) is 11.0 Å². The molecule has 0 bridgehead atoms. The predicted octanol–water partition coefficient (Wildman–Crippen LogP) is 2.28. The third-order valence-electron chi connectivity index (χ3n) is 6.29. The van der Waals surface area contributed by atoms with Crippen molar-refractivity contribution in [3.8, 4) is 0 Å². The van der Waals surface area contributed by atoms with Gasteiger partial charge in [0.15, 0.2) is 0 Å². The molecule has 170 valence electrons. The number of nitrogens with one attached hydrogen (secondary N) is 1. The molecule has 1 fully saturated rings. The second kappa shape index (κ2) is 10.1. The van der Waals surface area contributed by atoms with Crippen molar-refractivity contribution in [2.75, 3.05) is 33.2 Å². The highest BCUT2D eigenvalue weighted by molar-refractivity contribution is 5.78. The topological polar surface area (TPSA) is 62.5 Å². The molecular formula is C25H33N5O2. The number of amides is 1. The zero-order valence-electron chi connectivity index (χ0n) is 19.1. The van der Waals surface area contributed by atoms with Crippen molar-refractivity contribution in [2.24, 2.45) is 0 Å². The molecule has 1 aromatic heterocycles. The van der Waals surface area contributed by atoms with Gasteiger partial charge in [0.1, 0.15) is 0 Å². The van der Waals surface area contributed by atoms with Crippen molar-refractivity contribution in [3.05, 3.63) is 70.1 Å². The van der Waals surface area contributed by atoms with Gasteiger partial charge in [0, 0.05) is 58.8 Å². The number of rotatable bonds is 8. The SMILES string of the molecule is CCn1c(=O)n(CCC(=O)NCc2cccc(CN3CCN(C)CC3)c2)c2ccccc21. The zero-order valence-corrected chi connectivity index (χ0v) is 19.1. The summed E-state index contributed by atoms with van der Waals surface area (Å²) in [6.07, 6.45) is 0.276. The van der Waals surface area contributed by atoms with Gasteiger partial charge >= 0.3 is 5.69 Å². The van der Waals surface area contributed by atoms with Crippen molar-refractivity contribution in [1.82, 2.24) is 24.3 Å². The van der Waals surface area contributed by atoms with Crippen molar-refractivity contribution in [1.29, 1.82) is 0 Å². The summed E-state index contributed by atoms with van der Waals surface area (Å²) in [6, 6.07) is 16.2. The van der Waals surface area contributed by atoms with Crippen LogP contribution in [0.5, 0.6) is 0 Å². The highest BCUT2D eigenvalue weighted by atomic mass is 16.2. The third kappa shape index (κ3) is 5.11. The van der Waals surface area contributed by atoms with Gasteiger partial charge in [0.2, 0.25) is 5.91 Å². The van der Waals surface area contributed by atoms with Crippen LogP contribution >= 0.6 is 0 Å². The number of likely N-dealkylation sites (N-methyl/N-ethyl adjacent to an activating group) is 1. The fourth-order valence-corrected chi connectivity index (χ4v) is 4.40. The number of para-hydroxylation sites is 2. The molecular weight excluding hydrogens is 402 g/mol. The second-order valence-electron chi connectivity index (χ2n) is 8.59. The lowest BCUT2D eigenvalue weighted by atomic mass is 10.1. The number of carbonyl (C=O) groups is 1. The Hall–Kier alpha value is -2.90. The maximum Gasteiger partial charge on any atom is 0.329 e. The Kier molecular flexibility index (Phi) is 7.07. The third-order valence-corrected chi connectivity index (χ3v) is 6.29. The number of hydrogen-bond acceptors (Lipinski definition) is 4. The van der Waals surface area contributed by atoms with Crippen LogP contribution in [-0.2, 0) is 31.0 Å². The summed E-state index contributed by atoms with van der Waals surface area (Å²) in [6.45, 7) is 8.79. The molecule has 2 aromatic carbocycles. The molecule has 1 aliphatic rings. The maximum absolute atomic E-state index is 12.7. The first kappa shape index (κ1) is 22.3. The lowest BCUT2D eigenvalue weighted by Gasteiger charge is -2.32. The number of imidazole rings is 1.